The predicted molar refractivity (Wildman–Crippen MR) is 87.2 cm³/mol. The van der Waals surface area contributed by atoms with Gasteiger partial charge in [0, 0.05) is 15.8 Å². The molecular formula is C16H17BrN2O. The molecule has 2 rings (SSSR count). The molecule has 0 fully saturated rings. The molecular weight excluding hydrogens is 316 g/mol. The van der Waals surface area contributed by atoms with Gasteiger partial charge in [-0.3, -0.25) is 4.79 Å². The largest absolute Gasteiger partial charge is 0.376 e. The van der Waals surface area contributed by atoms with Crippen LogP contribution in [-0.2, 0) is 4.79 Å². The number of anilines is 2. The molecule has 0 radical (unpaired) electrons. The maximum absolute atomic E-state index is 11.8. The Morgan fingerprint density at radius 3 is 2.25 bits per heavy atom. The van der Waals surface area contributed by atoms with Crippen LogP contribution < -0.4 is 10.6 Å². The minimum Gasteiger partial charge on any atom is -0.376 e. The number of para-hydroxylation sites is 1. The summed E-state index contributed by atoms with van der Waals surface area (Å²) in [6, 6.07) is 13.5. The zero-order chi connectivity index (χ0) is 14.5. The Bertz CT molecular complexity index is 588. The number of hydrogen-bond acceptors (Lipinski definition) is 2. The molecule has 0 aliphatic rings. The lowest BCUT2D eigenvalue weighted by atomic mass is 10.1. The Kier molecular flexibility index (Phi) is 4.79. The maximum Gasteiger partial charge on any atom is 0.243 e. The molecule has 2 N–H and O–H groups in total. The lowest BCUT2D eigenvalue weighted by Gasteiger charge is -2.11. The van der Waals surface area contributed by atoms with Gasteiger partial charge in [-0.05, 0) is 49.2 Å². The van der Waals surface area contributed by atoms with E-state index in [1.165, 1.54) is 0 Å². The van der Waals surface area contributed by atoms with Crippen LogP contribution in [-0.4, -0.2) is 12.5 Å². The van der Waals surface area contributed by atoms with Crippen molar-refractivity contribution in [2.24, 2.45) is 0 Å². The fourth-order valence-corrected chi connectivity index (χ4v) is 2.19. The van der Waals surface area contributed by atoms with Crippen molar-refractivity contribution in [1.82, 2.24) is 0 Å². The smallest absolute Gasteiger partial charge is 0.243 e. The minimum atomic E-state index is -0.0607. The van der Waals surface area contributed by atoms with Gasteiger partial charge in [0.05, 0.1) is 6.54 Å². The molecule has 0 unspecified atom stereocenters. The first-order valence-electron chi connectivity index (χ1n) is 6.42. The first-order valence-corrected chi connectivity index (χ1v) is 7.21. The van der Waals surface area contributed by atoms with Crippen LogP contribution in [0.15, 0.2) is 46.9 Å². The van der Waals surface area contributed by atoms with Crippen LogP contribution in [0.3, 0.4) is 0 Å². The molecule has 2 aromatic carbocycles. The van der Waals surface area contributed by atoms with Crippen molar-refractivity contribution in [1.29, 1.82) is 0 Å². The SMILES string of the molecule is Cc1cc(NCC(=O)Nc2ccccc2)cc(C)c1Br. The summed E-state index contributed by atoms with van der Waals surface area (Å²) in [6.45, 7) is 4.31. The second kappa shape index (κ2) is 6.57. The van der Waals surface area contributed by atoms with Crippen molar-refractivity contribution in [2.45, 2.75) is 13.8 Å². The molecule has 0 heterocycles. The van der Waals surface area contributed by atoms with Gasteiger partial charge in [-0.15, -0.1) is 0 Å². The molecule has 1 amide bonds. The van der Waals surface area contributed by atoms with Gasteiger partial charge < -0.3 is 10.6 Å². The number of hydrogen-bond donors (Lipinski definition) is 2. The molecule has 0 spiro atoms. The lowest BCUT2D eigenvalue weighted by Crippen LogP contribution is -2.21. The van der Waals surface area contributed by atoms with Crippen molar-refractivity contribution >= 4 is 33.2 Å². The van der Waals surface area contributed by atoms with Gasteiger partial charge in [0.1, 0.15) is 0 Å². The summed E-state index contributed by atoms with van der Waals surface area (Å²) in [5.74, 6) is -0.0607. The second-order valence-electron chi connectivity index (χ2n) is 4.69. The molecule has 0 aromatic heterocycles. The molecule has 0 bridgehead atoms. The number of benzene rings is 2. The highest BCUT2D eigenvalue weighted by Gasteiger charge is 2.05. The highest BCUT2D eigenvalue weighted by molar-refractivity contribution is 9.10. The van der Waals surface area contributed by atoms with Gasteiger partial charge in [-0.2, -0.15) is 0 Å². The number of halogens is 1. The third-order valence-electron chi connectivity index (χ3n) is 2.95. The van der Waals surface area contributed by atoms with Crippen molar-refractivity contribution in [3.63, 3.8) is 0 Å². The van der Waals surface area contributed by atoms with Crippen molar-refractivity contribution in [3.05, 3.63) is 58.1 Å². The molecule has 0 atom stereocenters. The number of nitrogens with one attached hydrogen (secondary N) is 2. The van der Waals surface area contributed by atoms with E-state index >= 15 is 0 Å². The number of carbonyl (C=O) groups excluding carboxylic acids is 1. The Morgan fingerprint density at radius 2 is 1.65 bits per heavy atom. The second-order valence-corrected chi connectivity index (χ2v) is 5.48. The van der Waals surface area contributed by atoms with E-state index in [2.05, 4.69) is 26.6 Å². The maximum atomic E-state index is 11.8. The monoisotopic (exact) mass is 332 g/mol. The summed E-state index contributed by atoms with van der Waals surface area (Å²) in [7, 11) is 0. The van der Waals surface area contributed by atoms with Crippen LogP contribution in [0.1, 0.15) is 11.1 Å². The fourth-order valence-electron chi connectivity index (χ4n) is 1.96. The third-order valence-corrected chi connectivity index (χ3v) is 4.20. The van der Waals surface area contributed by atoms with E-state index in [9.17, 15) is 4.79 Å². The summed E-state index contributed by atoms with van der Waals surface area (Å²) in [5, 5.41) is 5.98. The fraction of sp³-hybridized carbons (Fsp3) is 0.188. The van der Waals surface area contributed by atoms with E-state index in [4.69, 9.17) is 0 Å². The molecule has 20 heavy (non-hydrogen) atoms. The summed E-state index contributed by atoms with van der Waals surface area (Å²) in [6.07, 6.45) is 0. The average molecular weight is 333 g/mol. The number of amides is 1. The van der Waals surface area contributed by atoms with E-state index in [0.29, 0.717) is 0 Å². The van der Waals surface area contributed by atoms with Gasteiger partial charge in [0.25, 0.3) is 0 Å². The standard InChI is InChI=1S/C16H17BrN2O/c1-11-8-14(9-12(2)16(11)17)18-10-15(20)19-13-6-4-3-5-7-13/h3-9,18H,10H2,1-2H3,(H,19,20). The summed E-state index contributed by atoms with van der Waals surface area (Å²) >= 11 is 3.53. The molecule has 4 heteroatoms. The molecule has 104 valence electrons. The summed E-state index contributed by atoms with van der Waals surface area (Å²) < 4.78 is 1.11. The Morgan fingerprint density at radius 1 is 1.05 bits per heavy atom. The molecule has 0 aliphatic carbocycles. The summed E-state index contributed by atoms with van der Waals surface area (Å²) in [4.78, 5) is 11.8. The minimum absolute atomic E-state index is 0.0607. The van der Waals surface area contributed by atoms with Gasteiger partial charge in [0.2, 0.25) is 5.91 Å². The number of aryl methyl sites for hydroxylation is 2. The van der Waals surface area contributed by atoms with Crippen molar-refractivity contribution in [3.8, 4) is 0 Å². The Hall–Kier alpha value is -1.81. The van der Waals surface area contributed by atoms with E-state index in [1.54, 1.807) is 0 Å². The predicted octanol–water partition coefficient (Wildman–Crippen LogP) is 4.12. The average Bonchev–Trinajstić information content (AvgIpc) is 2.43. The molecule has 0 saturated carbocycles. The Labute approximate surface area is 127 Å². The molecule has 3 nitrogen and oxygen atoms in total. The van der Waals surface area contributed by atoms with Crippen molar-refractivity contribution in [2.75, 3.05) is 17.2 Å². The highest BCUT2D eigenvalue weighted by atomic mass is 79.9. The highest BCUT2D eigenvalue weighted by Crippen LogP contribution is 2.24. The van der Waals surface area contributed by atoms with Gasteiger partial charge in [0.15, 0.2) is 0 Å². The van der Waals surface area contributed by atoms with Gasteiger partial charge >= 0.3 is 0 Å². The van der Waals surface area contributed by atoms with E-state index in [1.807, 2.05) is 56.3 Å². The van der Waals surface area contributed by atoms with Crippen LogP contribution in [0, 0.1) is 13.8 Å². The Balaban J connectivity index is 1.94. The molecule has 0 saturated heterocycles. The van der Waals surface area contributed by atoms with Crippen molar-refractivity contribution < 1.29 is 4.79 Å². The topological polar surface area (TPSA) is 41.1 Å². The first-order chi connectivity index (χ1) is 9.56. The van der Waals surface area contributed by atoms with E-state index in [-0.39, 0.29) is 12.5 Å². The van der Waals surface area contributed by atoms with Crippen LogP contribution in [0.5, 0.6) is 0 Å². The van der Waals surface area contributed by atoms with Crippen LogP contribution in [0.2, 0.25) is 0 Å². The van der Waals surface area contributed by atoms with Gasteiger partial charge in [-0.1, -0.05) is 34.1 Å². The normalized spacial score (nSPS) is 10.2. The third kappa shape index (κ3) is 3.84. The zero-order valence-corrected chi connectivity index (χ0v) is 13.1. The van der Waals surface area contributed by atoms with Crippen LogP contribution in [0.25, 0.3) is 0 Å². The lowest BCUT2D eigenvalue weighted by molar-refractivity contribution is -0.114. The number of carbonyl (C=O) groups is 1. The zero-order valence-electron chi connectivity index (χ0n) is 11.5. The van der Waals surface area contributed by atoms with E-state index in [0.717, 1.165) is 27.0 Å². The van der Waals surface area contributed by atoms with E-state index < -0.39 is 0 Å². The molecule has 0 aliphatic heterocycles. The number of rotatable bonds is 4. The molecule has 2 aromatic rings. The summed E-state index contributed by atoms with van der Waals surface area (Å²) in [5.41, 5.74) is 4.06. The first kappa shape index (κ1) is 14.6. The van der Waals surface area contributed by atoms with Crippen LogP contribution in [0.4, 0.5) is 11.4 Å². The van der Waals surface area contributed by atoms with Gasteiger partial charge in [-0.25, -0.2) is 0 Å². The van der Waals surface area contributed by atoms with Crippen LogP contribution >= 0.6 is 15.9 Å². The quantitative estimate of drug-likeness (QED) is 0.884.